The van der Waals surface area contributed by atoms with E-state index in [0.29, 0.717) is 12.2 Å². The summed E-state index contributed by atoms with van der Waals surface area (Å²) in [6, 6.07) is 4.10. The molecule has 0 radical (unpaired) electrons. The van der Waals surface area contributed by atoms with Gasteiger partial charge in [-0.3, -0.25) is 9.59 Å². The van der Waals surface area contributed by atoms with Crippen LogP contribution >= 0.6 is 11.8 Å². The highest BCUT2D eigenvalue weighted by molar-refractivity contribution is 7.98. The molecule has 2 N–H and O–H groups in total. The molecule has 3 atom stereocenters. The van der Waals surface area contributed by atoms with Crippen LogP contribution in [0.1, 0.15) is 76.6 Å². The van der Waals surface area contributed by atoms with Crippen LogP contribution in [0.2, 0.25) is 0 Å². The van der Waals surface area contributed by atoms with E-state index in [1.54, 1.807) is 38.6 Å². The number of alkyl carbamates (subject to hydrolysis) is 1. The average molecular weight is 520 g/mol. The van der Waals surface area contributed by atoms with Crippen LogP contribution < -0.4 is 10.6 Å². The van der Waals surface area contributed by atoms with Crippen LogP contribution in [-0.4, -0.2) is 59.0 Å². The van der Waals surface area contributed by atoms with Crippen LogP contribution in [0.3, 0.4) is 0 Å². The van der Waals surface area contributed by atoms with Gasteiger partial charge in [0.15, 0.2) is 0 Å². The van der Waals surface area contributed by atoms with E-state index in [1.807, 2.05) is 45.2 Å². The standard InChI is InChI=1S/C28H45N3O4S/c1-10-12-21(5)29-25(32)24(22-14-13-19(3)18-20(22)4)31(16-11-2)26(33)23(15-17-36-9)30-27(34)35-28(6,7)8/h11,13-14,18,21,23-24H,2,10,12,15-17H2,1,3-9H3,(H,29,32)(H,30,34). The maximum atomic E-state index is 14.0. The van der Waals surface area contributed by atoms with Crippen molar-refractivity contribution in [2.75, 3.05) is 18.6 Å². The molecular formula is C28H45N3O4S. The Morgan fingerprint density at radius 1 is 1.17 bits per heavy atom. The van der Waals surface area contributed by atoms with E-state index in [0.717, 1.165) is 29.5 Å². The fraction of sp³-hybridized carbons (Fsp3) is 0.607. The molecule has 202 valence electrons. The van der Waals surface area contributed by atoms with Gasteiger partial charge >= 0.3 is 6.09 Å². The lowest BCUT2D eigenvalue weighted by molar-refractivity contribution is -0.142. The quantitative estimate of drug-likeness (QED) is 0.345. The fourth-order valence-electron chi connectivity index (χ4n) is 4.01. The SMILES string of the molecule is C=CCN(C(=O)C(CCSC)NC(=O)OC(C)(C)C)C(C(=O)NC(C)CCC)c1ccc(C)cc1C. The number of nitrogens with one attached hydrogen (secondary N) is 2. The molecule has 0 bridgehead atoms. The Balaban J connectivity index is 3.48. The highest BCUT2D eigenvalue weighted by atomic mass is 32.2. The Hall–Kier alpha value is -2.48. The van der Waals surface area contributed by atoms with Crippen LogP contribution in [0.25, 0.3) is 0 Å². The molecule has 0 aliphatic rings. The van der Waals surface area contributed by atoms with Crippen molar-refractivity contribution < 1.29 is 19.1 Å². The van der Waals surface area contributed by atoms with E-state index >= 15 is 0 Å². The first kappa shape index (κ1) is 31.5. The van der Waals surface area contributed by atoms with Crippen LogP contribution in [0.4, 0.5) is 4.79 Å². The Morgan fingerprint density at radius 3 is 2.36 bits per heavy atom. The monoisotopic (exact) mass is 519 g/mol. The molecule has 1 rings (SSSR count). The summed E-state index contributed by atoms with van der Waals surface area (Å²) >= 11 is 1.58. The lowest BCUT2D eigenvalue weighted by Gasteiger charge is -2.35. The molecule has 0 aliphatic heterocycles. The van der Waals surface area contributed by atoms with Gasteiger partial charge in [-0.15, -0.1) is 6.58 Å². The summed E-state index contributed by atoms with van der Waals surface area (Å²) in [5.74, 6) is 0.0549. The van der Waals surface area contributed by atoms with Crippen molar-refractivity contribution >= 4 is 29.7 Å². The second kappa shape index (κ2) is 14.9. The minimum atomic E-state index is -0.868. The zero-order chi connectivity index (χ0) is 27.5. The summed E-state index contributed by atoms with van der Waals surface area (Å²) in [5, 5.41) is 5.83. The first-order chi connectivity index (χ1) is 16.8. The first-order valence-electron chi connectivity index (χ1n) is 12.6. The zero-order valence-corrected chi connectivity index (χ0v) is 24.1. The Kier molecular flexibility index (Phi) is 13.1. The van der Waals surface area contributed by atoms with E-state index in [2.05, 4.69) is 24.1 Å². The summed E-state index contributed by atoms with van der Waals surface area (Å²) in [5.41, 5.74) is 2.04. The van der Waals surface area contributed by atoms with Crippen molar-refractivity contribution in [3.8, 4) is 0 Å². The van der Waals surface area contributed by atoms with Gasteiger partial charge in [0, 0.05) is 12.6 Å². The zero-order valence-electron chi connectivity index (χ0n) is 23.3. The molecule has 0 spiro atoms. The van der Waals surface area contributed by atoms with Crippen molar-refractivity contribution in [1.82, 2.24) is 15.5 Å². The minimum absolute atomic E-state index is 0.0383. The van der Waals surface area contributed by atoms with Crippen LogP contribution in [0.15, 0.2) is 30.9 Å². The van der Waals surface area contributed by atoms with Gasteiger partial charge in [-0.2, -0.15) is 11.8 Å². The molecule has 3 amide bonds. The number of ether oxygens (including phenoxy) is 1. The number of rotatable bonds is 13. The normalized spacial score (nSPS) is 13.8. The molecule has 3 unspecified atom stereocenters. The lowest BCUT2D eigenvalue weighted by Crippen LogP contribution is -2.54. The number of thioether (sulfide) groups is 1. The van der Waals surface area contributed by atoms with Gasteiger partial charge in [-0.05, 0) is 77.5 Å². The number of carbonyl (C=O) groups excluding carboxylic acids is 3. The minimum Gasteiger partial charge on any atom is -0.444 e. The van der Waals surface area contributed by atoms with E-state index in [4.69, 9.17) is 4.74 Å². The molecule has 1 aromatic carbocycles. The van der Waals surface area contributed by atoms with Gasteiger partial charge in [-0.25, -0.2) is 4.79 Å². The van der Waals surface area contributed by atoms with Gasteiger partial charge in [0.05, 0.1) is 0 Å². The maximum Gasteiger partial charge on any atom is 0.408 e. The maximum absolute atomic E-state index is 14.0. The number of carbonyl (C=O) groups is 3. The summed E-state index contributed by atoms with van der Waals surface area (Å²) < 4.78 is 5.42. The first-order valence-corrected chi connectivity index (χ1v) is 14.0. The fourth-order valence-corrected chi connectivity index (χ4v) is 4.49. The molecule has 0 heterocycles. The summed E-state index contributed by atoms with van der Waals surface area (Å²) in [6.07, 6.45) is 5.05. The topological polar surface area (TPSA) is 87.7 Å². The van der Waals surface area contributed by atoms with Crippen molar-refractivity contribution in [2.45, 2.75) is 91.5 Å². The van der Waals surface area contributed by atoms with Crippen molar-refractivity contribution in [3.05, 3.63) is 47.5 Å². The van der Waals surface area contributed by atoms with E-state index in [-0.39, 0.29) is 24.4 Å². The number of hydrogen-bond acceptors (Lipinski definition) is 5. The third kappa shape index (κ3) is 10.2. The molecule has 0 aliphatic carbocycles. The number of benzene rings is 1. The second-order valence-electron chi connectivity index (χ2n) is 10.2. The third-order valence-corrected chi connectivity index (χ3v) is 6.24. The summed E-state index contributed by atoms with van der Waals surface area (Å²) in [6.45, 7) is 17.3. The smallest absolute Gasteiger partial charge is 0.408 e. The van der Waals surface area contributed by atoms with Gasteiger partial charge in [0.1, 0.15) is 17.7 Å². The van der Waals surface area contributed by atoms with Gasteiger partial charge in [-0.1, -0.05) is 43.2 Å². The predicted octanol–water partition coefficient (Wildman–Crippen LogP) is 5.31. The van der Waals surface area contributed by atoms with Crippen LogP contribution in [0.5, 0.6) is 0 Å². The van der Waals surface area contributed by atoms with E-state index < -0.39 is 23.8 Å². The number of hydrogen-bond donors (Lipinski definition) is 2. The Morgan fingerprint density at radius 2 is 1.83 bits per heavy atom. The average Bonchev–Trinajstić information content (AvgIpc) is 2.76. The van der Waals surface area contributed by atoms with Crippen molar-refractivity contribution in [3.63, 3.8) is 0 Å². The second-order valence-corrected chi connectivity index (χ2v) is 11.2. The number of nitrogens with zero attached hydrogens (tertiary/aromatic N) is 1. The number of aryl methyl sites for hydroxylation is 2. The van der Waals surface area contributed by atoms with E-state index in [1.165, 1.54) is 4.90 Å². The Bertz CT molecular complexity index is 897. The van der Waals surface area contributed by atoms with E-state index in [9.17, 15) is 14.4 Å². The molecule has 0 fully saturated rings. The summed E-state index contributed by atoms with van der Waals surface area (Å²) in [4.78, 5) is 41.8. The number of amides is 3. The van der Waals surface area contributed by atoms with Gasteiger partial charge in [0.25, 0.3) is 0 Å². The molecule has 36 heavy (non-hydrogen) atoms. The molecular weight excluding hydrogens is 474 g/mol. The highest BCUT2D eigenvalue weighted by Gasteiger charge is 2.36. The van der Waals surface area contributed by atoms with Gasteiger partial charge in [0.2, 0.25) is 11.8 Å². The van der Waals surface area contributed by atoms with Crippen molar-refractivity contribution in [2.24, 2.45) is 0 Å². The van der Waals surface area contributed by atoms with Crippen molar-refractivity contribution in [1.29, 1.82) is 0 Å². The largest absolute Gasteiger partial charge is 0.444 e. The summed E-state index contributed by atoms with van der Waals surface area (Å²) in [7, 11) is 0. The van der Waals surface area contributed by atoms with Gasteiger partial charge < -0.3 is 20.3 Å². The highest BCUT2D eigenvalue weighted by Crippen LogP contribution is 2.27. The Labute approximate surface area is 221 Å². The molecule has 0 saturated heterocycles. The molecule has 0 aromatic heterocycles. The molecule has 7 nitrogen and oxygen atoms in total. The van der Waals surface area contributed by atoms with Crippen LogP contribution in [0, 0.1) is 13.8 Å². The lowest BCUT2D eigenvalue weighted by atomic mass is 9.96. The predicted molar refractivity (Wildman–Crippen MR) is 149 cm³/mol. The molecule has 0 saturated carbocycles. The molecule has 8 heteroatoms. The van der Waals surface area contributed by atoms with Crippen LogP contribution in [-0.2, 0) is 14.3 Å². The third-order valence-electron chi connectivity index (χ3n) is 5.60. The molecule has 1 aromatic rings.